The molecule has 20 heavy (non-hydrogen) atoms. The predicted octanol–water partition coefficient (Wildman–Crippen LogP) is 2.80. The van der Waals surface area contributed by atoms with E-state index in [1.54, 1.807) is 7.05 Å². The molecule has 0 radical (unpaired) electrons. The quantitative estimate of drug-likeness (QED) is 0.629. The lowest BCUT2D eigenvalue weighted by Crippen LogP contribution is -2.10. The van der Waals surface area contributed by atoms with Crippen LogP contribution in [0.5, 0.6) is 0 Å². The molecule has 2 N–H and O–H groups in total. The monoisotopic (exact) mass is 313 g/mol. The number of rotatable bonds is 6. The van der Waals surface area contributed by atoms with Gasteiger partial charge >= 0.3 is 5.69 Å². The summed E-state index contributed by atoms with van der Waals surface area (Å²) < 4.78 is 0.727. The van der Waals surface area contributed by atoms with Crippen molar-refractivity contribution >= 4 is 40.4 Å². The highest BCUT2D eigenvalue weighted by molar-refractivity contribution is 7.16. The highest BCUT2D eigenvalue weighted by Crippen LogP contribution is 2.24. The Morgan fingerprint density at radius 1 is 1.50 bits per heavy atom. The van der Waals surface area contributed by atoms with E-state index in [-0.39, 0.29) is 11.5 Å². The molecule has 2 aromatic heterocycles. The number of hydrogen-bond donors (Lipinski definition) is 2. The summed E-state index contributed by atoms with van der Waals surface area (Å²) in [7, 11) is 1.65. The minimum Gasteiger partial charge on any atom is -0.364 e. The fourth-order valence-electron chi connectivity index (χ4n) is 1.55. The Morgan fingerprint density at radius 3 is 2.90 bits per heavy atom. The van der Waals surface area contributed by atoms with E-state index in [2.05, 4.69) is 20.6 Å². The lowest BCUT2D eigenvalue weighted by molar-refractivity contribution is -0.384. The van der Waals surface area contributed by atoms with Crippen LogP contribution in [0.1, 0.15) is 4.88 Å². The van der Waals surface area contributed by atoms with Crippen molar-refractivity contribution in [1.82, 2.24) is 9.97 Å². The van der Waals surface area contributed by atoms with Crippen LogP contribution < -0.4 is 10.6 Å². The molecule has 0 atom stereocenters. The summed E-state index contributed by atoms with van der Waals surface area (Å²) in [6, 6.07) is 3.76. The zero-order valence-corrected chi connectivity index (χ0v) is 12.2. The second-order valence-corrected chi connectivity index (χ2v) is 5.62. The SMILES string of the molecule is CNc1ncc([N+](=O)[O-])c(NCCc2ccc(Cl)s2)n1. The van der Waals surface area contributed by atoms with Crippen LogP contribution in [0.3, 0.4) is 0 Å². The summed E-state index contributed by atoms with van der Waals surface area (Å²) >= 11 is 7.33. The van der Waals surface area contributed by atoms with E-state index in [0.29, 0.717) is 18.9 Å². The van der Waals surface area contributed by atoms with Crippen LogP contribution in [0.15, 0.2) is 18.3 Å². The molecule has 0 spiro atoms. The first-order valence-electron chi connectivity index (χ1n) is 5.77. The molecular weight excluding hydrogens is 302 g/mol. The van der Waals surface area contributed by atoms with Gasteiger partial charge in [0, 0.05) is 18.5 Å². The second-order valence-electron chi connectivity index (χ2n) is 3.82. The van der Waals surface area contributed by atoms with Gasteiger partial charge in [-0.1, -0.05) is 11.6 Å². The molecule has 0 aliphatic heterocycles. The molecule has 2 heterocycles. The third-order valence-corrected chi connectivity index (χ3v) is 3.77. The van der Waals surface area contributed by atoms with Gasteiger partial charge in [0.1, 0.15) is 6.20 Å². The number of nitrogens with zero attached hydrogens (tertiary/aromatic N) is 3. The largest absolute Gasteiger partial charge is 0.364 e. The van der Waals surface area contributed by atoms with E-state index in [1.807, 2.05) is 12.1 Å². The molecule has 2 rings (SSSR count). The van der Waals surface area contributed by atoms with Crippen molar-refractivity contribution in [3.05, 3.63) is 37.7 Å². The smallest absolute Gasteiger partial charge is 0.329 e. The highest BCUT2D eigenvalue weighted by Gasteiger charge is 2.16. The lowest BCUT2D eigenvalue weighted by Gasteiger charge is -2.06. The van der Waals surface area contributed by atoms with Crippen LogP contribution in [0.4, 0.5) is 17.5 Å². The number of nitrogens with one attached hydrogen (secondary N) is 2. The van der Waals surface area contributed by atoms with E-state index in [9.17, 15) is 10.1 Å². The summed E-state index contributed by atoms with van der Waals surface area (Å²) in [5.74, 6) is 0.536. The van der Waals surface area contributed by atoms with Gasteiger partial charge in [-0.05, 0) is 18.6 Å². The first-order valence-corrected chi connectivity index (χ1v) is 6.97. The van der Waals surface area contributed by atoms with Gasteiger partial charge in [-0.2, -0.15) is 4.98 Å². The van der Waals surface area contributed by atoms with E-state index in [4.69, 9.17) is 11.6 Å². The van der Waals surface area contributed by atoms with Gasteiger partial charge in [0.15, 0.2) is 0 Å². The van der Waals surface area contributed by atoms with E-state index in [1.165, 1.54) is 17.5 Å². The summed E-state index contributed by atoms with van der Waals surface area (Å²) in [6.07, 6.45) is 1.90. The summed E-state index contributed by atoms with van der Waals surface area (Å²) in [5.41, 5.74) is -0.145. The zero-order chi connectivity index (χ0) is 14.5. The maximum atomic E-state index is 10.9. The third-order valence-electron chi connectivity index (χ3n) is 2.48. The number of nitro groups is 1. The number of hydrogen-bond acceptors (Lipinski definition) is 7. The Hall–Kier alpha value is -1.93. The van der Waals surface area contributed by atoms with E-state index >= 15 is 0 Å². The molecule has 0 amide bonds. The third kappa shape index (κ3) is 3.55. The van der Waals surface area contributed by atoms with Crippen LogP contribution in [-0.4, -0.2) is 28.5 Å². The Morgan fingerprint density at radius 2 is 2.30 bits per heavy atom. The van der Waals surface area contributed by atoms with Crippen molar-refractivity contribution in [2.75, 3.05) is 24.2 Å². The van der Waals surface area contributed by atoms with Gasteiger partial charge in [-0.15, -0.1) is 11.3 Å². The highest BCUT2D eigenvalue weighted by atomic mass is 35.5. The molecule has 0 aliphatic rings. The second kappa shape index (κ2) is 6.49. The van der Waals surface area contributed by atoms with Crippen LogP contribution in [-0.2, 0) is 6.42 Å². The van der Waals surface area contributed by atoms with Gasteiger partial charge in [0.2, 0.25) is 11.8 Å². The molecule has 7 nitrogen and oxygen atoms in total. The lowest BCUT2D eigenvalue weighted by atomic mass is 10.3. The zero-order valence-electron chi connectivity index (χ0n) is 10.6. The van der Waals surface area contributed by atoms with Crippen molar-refractivity contribution in [3.8, 4) is 0 Å². The van der Waals surface area contributed by atoms with Crippen LogP contribution in [0, 0.1) is 10.1 Å². The van der Waals surface area contributed by atoms with Crippen LogP contribution in [0.25, 0.3) is 0 Å². The molecular formula is C11H12ClN5O2S. The first kappa shape index (κ1) is 14.5. The van der Waals surface area contributed by atoms with Crippen molar-refractivity contribution < 1.29 is 4.92 Å². The fraction of sp³-hybridized carbons (Fsp3) is 0.273. The molecule has 0 aliphatic carbocycles. The molecule has 0 saturated heterocycles. The minimum absolute atomic E-state index is 0.145. The number of halogens is 1. The maximum Gasteiger partial charge on any atom is 0.329 e. The predicted molar refractivity (Wildman–Crippen MR) is 79.8 cm³/mol. The normalized spacial score (nSPS) is 10.3. The summed E-state index contributed by atoms with van der Waals surface area (Å²) in [5, 5.41) is 16.6. The molecule has 0 bridgehead atoms. The van der Waals surface area contributed by atoms with Gasteiger partial charge in [0.05, 0.1) is 9.26 Å². The topological polar surface area (TPSA) is 93.0 Å². The summed E-state index contributed by atoms with van der Waals surface area (Å²) in [4.78, 5) is 19.4. The van der Waals surface area contributed by atoms with Crippen molar-refractivity contribution in [2.45, 2.75) is 6.42 Å². The Labute approximate surface area is 124 Å². The van der Waals surface area contributed by atoms with E-state index in [0.717, 1.165) is 9.21 Å². The summed E-state index contributed by atoms with van der Waals surface area (Å²) in [6.45, 7) is 0.526. The van der Waals surface area contributed by atoms with Gasteiger partial charge in [-0.3, -0.25) is 10.1 Å². The van der Waals surface area contributed by atoms with Crippen molar-refractivity contribution in [1.29, 1.82) is 0 Å². The Kier molecular flexibility index (Phi) is 4.70. The van der Waals surface area contributed by atoms with Gasteiger partial charge in [0.25, 0.3) is 0 Å². The standard InChI is InChI=1S/C11H12ClN5O2S/c1-13-11-15-6-8(17(18)19)10(16-11)14-5-4-7-2-3-9(12)20-7/h2-3,6H,4-5H2,1H3,(H2,13,14,15,16). The average Bonchev–Trinajstić information content (AvgIpc) is 2.84. The van der Waals surface area contributed by atoms with Crippen molar-refractivity contribution in [3.63, 3.8) is 0 Å². The fourth-order valence-corrected chi connectivity index (χ4v) is 2.64. The number of aromatic nitrogens is 2. The average molecular weight is 314 g/mol. The Bertz CT molecular complexity index is 619. The molecule has 2 aromatic rings. The molecule has 0 saturated carbocycles. The molecule has 9 heteroatoms. The van der Waals surface area contributed by atoms with Gasteiger partial charge < -0.3 is 10.6 Å². The maximum absolute atomic E-state index is 10.9. The number of thiophene rings is 1. The van der Waals surface area contributed by atoms with Crippen molar-refractivity contribution in [2.24, 2.45) is 0 Å². The Balaban J connectivity index is 2.05. The minimum atomic E-state index is -0.510. The van der Waals surface area contributed by atoms with Crippen LogP contribution in [0.2, 0.25) is 4.34 Å². The van der Waals surface area contributed by atoms with Gasteiger partial charge in [-0.25, -0.2) is 4.98 Å². The first-order chi connectivity index (χ1) is 9.60. The number of anilines is 2. The van der Waals surface area contributed by atoms with Crippen LogP contribution >= 0.6 is 22.9 Å². The molecule has 106 valence electrons. The van der Waals surface area contributed by atoms with E-state index < -0.39 is 4.92 Å². The molecule has 0 unspecified atom stereocenters. The molecule has 0 aromatic carbocycles. The molecule has 0 fully saturated rings.